The minimum absolute atomic E-state index is 0.104. The van der Waals surface area contributed by atoms with Crippen LogP contribution in [0.5, 0.6) is 0 Å². The first-order valence-electron chi connectivity index (χ1n) is 4.55. The van der Waals surface area contributed by atoms with Crippen LogP contribution >= 0.6 is 11.6 Å². The number of nitrogens with one attached hydrogen (secondary N) is 1. The first kappa shape index (κ1) is 13.4. The van der Waals surface area contributed by atoms with E-state index in [2.05, 4.69) is 9.56 Å². The zero-order valence-corrected chi connectivity index (χ0v) is 10.3. The second-order valence-electron chi connectivity index (χ2n) is 3.31. The topological polar surface area (TPSA) is 81.4 Å². The van der Waals surface area contributed by atoms with E-state index in [1.807, 2.05) is 0 Å². The number of halogens is 1. The zero-order valence-electron chi connectivity index (χ0n) is 8.68. The van der Waals surface area contributed by atoms with Gasteiger partial charge in [-0.15, -0.1) is 0 Å². The average molecular weight is 265 g/mol. The first-order chi connectivity index (χ1) is 7.45. The highest BCUT2D eigenvalue weighted by Crippen LogP contribution is 2.14. The Morgan fingerprint density at radius 1 is 1.44 bits per heavy atom. The fourth-order valence-corrected chi connectivity index (χ4v) is 2.48. The van der Waals surface area contributed by atoms with Crippen LogP contribution in [0.25, 0.3) is 0 Å². The third-order valence-electron chi connectivity index (χ3n) is 1.83. The molecule has 16 heavy (non-hydrogen) atoms. The van der Waals surface area contributed by atoms with Gasteiger partial charge in [0.05, 0.1) is 11.5 Å². The maximum absolute atomic E-state index is 11.8. The van der Waals surface area contributed by atoms with Gasteiger partial charge in [0.2, 0.25) is 10.0 Å². The molecule has 3 N–H and O–H groups in total. The summed E-state index contributed by atoms with van der Waals surface area (Å²) in [5.41, 5.74) is 0. The monoisotopic (exact) mass is 264 g/mol. The molecule has 1 rings (SSSR count). The first-order valence-corrected chi connectivity index (χ1v) is 6.41. The van der Waals surface area contributed by atoms with Gasteiger partial charge in [-0.3, -0.25) is 0 Å². The Morgan fingerprint density at radius 3 is 2.50 bits per heavy atom. The van der Waals surface area contributed by atoms with Crippen LogP contribution < -0.4 is 10.6 Å². The van der Waals surface area contributed by atoms with Gasteiger partial charge in [0, 0.05) is 11.1 Å². The Bertz CT molecular complexity index is 433. The van der Waals surface area contributed by atoms with E-state index in [-0.39, 0.29) is 11.5 Å². The van der Waals surface area contributed by atoms with E-state index in [9.17, 15) is 8.42 Å². The van der Waals surface area contributed by atoms with Gasteiger partial charge in [0.1, 0.15) is 0 Å². The quantitative estimate of drug-likeness (QED) is 0.774. The van der Waals surface area contributed by atoms with E-state index >= 15 is 0 Å². The van der Waals surface area contributed by atoms with Crippen molar-refractivity contribution < 1.29 is 13.3 Å². The Morgan fingerprint density at radius 2 is 2.00 bits per heavy atom. The van der Waals surface area contributed by atoms with Crippen molar-refractivity contribution in [2.24, 2.45) is 5.90 Å². The third-order valence-corrected chi connectivity index (χ3v) is 3.68. The lowest BCUT2D eigenvalue weighted by Gasteiger charge is -2.12. The van der Waals surface area contributed by atoms with Gasteiger partial charge < -0.3 is 4.84 Å². The van der Waals surface area contributed by atoms with Crippen LogP contribution in [0.4, 0.5) is 0 Å². The Kier molecular flexibility index (Phi) is 4.69. The predicted octanol–water partition coefficient (Wildman–Crippen LogP) is 0.897. The highest BCUT2D eigenvalue weighted by molar-refractivity contribution is 7.89. The second-order valence-corrected chi connectivity index (χ2v) is 5.46. The molecule has 1 aromatic carbocycles. The molecule has 5 nitrogen and oxygen atoms in total. The molecule has 0 heterocycles. The Labute approximate surface area is 99.5 Å². The van der Waals surface area contributed by atoms with Crippen molar-refractivity contribution in [3.63, 3.8) is 0 Å². The standard InChI is InChI=1S/C9H13ClN2O3S/c1-7(6-15-11)12-16(13,14)9-4-2-8(10)3-5-9/h2-5,7,12H,6,11H2,1H3. The molecule has 0 aliphatic heterocycles. The summed E-state index contributed by atoms with van der Waals surface area (Å²) in [7, 11) is -3.54. The van der Waals surface area contributed by atoms with Crippen LogP contribution in [-0.2, 0) is 14.9 Å². The van der Waals surface area contributed by atoms with E-state index in [1.165, 1.54) is 24.3 Å². The number of nitrogens with two attached hydrogens (primary N) is 1. The number of benzene rings is 1. The molecule has 0 aromatic heterocycles. The molecule has 0 spiro atoms. The molecule has 0 radical (unpaired) electrons. The summed E-state index contributed by atoms with van der Waals surface area (Å²) < 4.78 is 26.0. The molecule has 90 valence electrons. The number of hydrogen-bond donors (Lipinski definition) is 2. The van der Waals surface area contributed by atoms with Crippen molar-refractivity contribution in [3.05, 3.63) is 29.3 Å². The maximum atomic E-state index is 11.8. The molecule has 1 unspecified atom stereocenters. The van der Waals surface area contributed by atoms with E-state index in [0.29, 0.717) is 5.02 Å². The predicted molar refractivity (Wildman–Crippen MR) is 61.4 cm³/mol. The van der Waals surface area contributed by atoms with Crippen LogP contribution in [0.3, 0.4) is 0 Å². The maximum Gasteiger partial charge on any atom is 0.240 e. The number of sulfonamides is 1. The largest absolute Gasteiger partial charge is 0.303 e. The minimum atomic E-state index is -3.54. The van der Waals surface area contributed by atoms with E-state index in [0.717, 1.165) is 0 Å². The average Bonchev–Trinajstić information content (AvgIpc) is 2.17. The molecule has 0 saturated carbocycles. The SMILES string of the molecule is CC(CON)NS(=O)(=O)c1ccc(Cl)cc1. The minimum Gasteiger partial charge on any atom is -0.303 e. The number of hydrogen-bond acceptors (Lipinski definition) is 4. The van der Waals surface area contributed by atoms with Gasteiger partial charge in [-0.05, 0) is 31.2 Å². The van der Waals surface area contributed by atoms with E-state index in [4.69, 9.17) is 17.5 Å². The van der Waals surface area contributed by atoms with Crippen LogP contribution in [0.1, 0.15) is 6.92 Å². The third kappa shape index (κ3) is 3.73. The Balaban J connectivity index is 2.82. The van der Waals surface area contributed by atoms with Gasteiger partial charge in [0.15, 0.2) is 0 Å². The zero-order chi connectivity index (χ0) is 12.2. The molecule has 0 amide bonds. The summed E-state index contributed by atoms with van der Waals surface area (Å²) in [5, 5.41) is 0.484. The van der Waals surface area contributed by atoms with Gasteiger partial charge in [-0.2, -0.15) is 0 Å². The summed E-state index contributed by atoms with van der Waals surface area (Å²) in [6, 6.07) is 5.49. The van der Waals surface area contributed by atoms with Crippen molar-refractivity contribution >= 4 is 21.6 Å². The second kappa shape index (κ2) is 5.60. The van der Waals surface area contributed by atoms with Crippen molar-refractivity contribution in [3.8, 4) is 0 Å². The van der Waals surface area contributed by atoms with E-state index < -0.39 is 16.1 Å². The molecule has 0 saturated heterocycles. The molecule has 0 aliphatic carbocycles. The lowest BCUT2D eigenvalue weighted by molar-refractivity contribution is 0.124. The van der Waals surface area contributed by atoms with Crippen molar-refractivity contribution in [2.75, 3.05) is 6.61 Å². The molecule has 1 atom stereocenters. The van der Waals surface area contributed by atoms with Crippen molar-refractivity contribution in [1.82, 2.24) is 4.72 Å². The van der Waals surface area contributed by atoms with Gasteiger partial charge in [-0.1, -0.05) is 11.6 Å². The van der Waals surface area contributed by atoms with Gasteiger partial charge in [0.25, 0.3) is 0 Å². The molecular weight excluding hydrogens is 252 g/mol. The lowest BCUT2D eigenvalue weighted by atomic mass is 10.4. The summed E-state index contributed by atoms with van der Waals surface area (Å²) in [6.07, 6.45) is 0. The fourth-order valence-electron chi connectivity index (χ4n) is 1.13. The molecule has 0 fully saturated rings. The summed E-state index contributed by atoms with van der Waals surface area (Å²) >= 11 is 5.67. The normalized spacial score (nSPS) is 13.7. The number of rotatable bonds is 5. The Hall–Kier alpha value is -0.660. The summed E-state index contributed by atoms with van der Waals surface area (Å²) in [4.78, 5) is 4.51. The molecule has 1 aromatic rings. The fraction of sp³-hybridized carbons (Fsp3) is 0.333. The van der Waals surface area contributed by atoms with Gasteiger partial charge >= 0.3 is 0 Å². The summed E-state index contributed by atoms with van der Waals surface area (Å²) in [6.45, 7) is 1.76. The molecule has 0 bridgehead atoms. The van der Waals surface area contributed by atoms with Crippen LogP contribution in [0.2, 0.25) is 5.02 Å². The molecular formula is C9H13ClN2O3S. The van der Waals surface area contributed by atoms with Crippen LogP contribution in [0, 0.1) is 0 Å². The highest BCUT2D eigenvalue weighted by atomic mass is 35.5. The highest BCUT2D eigenvalue weighted by Gasteiger charge is 2.16. The molecule has 7 heteroatoms. The lowest BCUT2D eigenvalue weighted by Crippen LogP contribution is -2.36. The van der Waals surface area contributed by atoms with Crippen molar-refractivity contribution in [1.29, 1.82) is 0 Å². The smallest absolute Gasteiger partial charge is 0.240 e. The van der Waals surface area contributed by atoms with Crippen molar-refractivity contribution in [2.45, 2.75) is 17.9 Å². The summed E-state index contributed by atoms with van der Waals surface area (Å²) in [5.74, 6) is 4.85. The molecule has 0 aliphatic rings. The van der Waals surface area contributed by atoms with E-state index in [1.54, 1.807) is 6.92 Å². The van der Waals surface area contributed by atoms with Crippen LogP contribution in [0.15, 0.2) is 29.2 Å². The van der Waals surface area contributed by atoms with Gasteiger partial charge in [-0.25, -0.2) is 19.0 Å². The van der Waals surface area contributed by atoms with Crippen LogP contribution in [-0.4, -0.2) is 21.1 Å².